The van der Waals surface area contributed by atoms with Crippen LogP contribution in [0.4, 0.5) is 14.6 Å². The number of hydrogen-bond donors (Lipinski definition) is 1. The minimum atomic E-state index is -1.07. The molecule has 1 aliphatic carbocycles. The Hall–Kier alpha value is -2.81. The molecule has 0 spiro atoms. The van der Waals surface area contributed by atoms with Gasteiger partial charge in [-0.25, -0.2) is 14.2 Å². The van der Waals surface area contributed by atoms with Gasteiger partial charge >= 0.3 is 12.2 Å². The number of carbonyl (C=O) groups is 2. The summed E-state index contributed by atoms with van der Waals surface area (Å²) in [5.74, 6) is 0. The summed E-state index contributed by atoms with van der Waals surface area (Å²) >= 11 is 1.58. The first-order valence-corrected chi connectivity index (χ1v) is 13.7. The standard InChI is InChI=1S/C28H40N4O4S/c1-26(2,3)12-13-30(9)22-15-18-21(37-22)14-19(31(18)24(33)34)23-17-10-11-28(7,8)16-20(17)32(29-23)25(35)36-27(4,5)6/h14-15H,10-13,16H2,1-9H3,(H,33,34). The lowest BCUT2D eigenvalue weighted by molar-refractivity contribution is 0.0506. The average molecular weight is 529 g/mol. The molecule has 0 aromatic carbocycles. The molecule has 0 aliphatic heterocycles. The number of ether oxygens (including phenoxy) is 1. The molecule has 4 rings (SSSR count). The van der Waals surface area contributed by atoms with E-state index in [1.54, 1.807) is 11.3 Å². The zero-order chi connectivity index (χ0) is 27.5. The van der Waals surface area contributed by atoms with E-state index >= 15 is 0 Å². The molecule has 0 saturated heterocycles. The van der Waals surface area contributed by atoms with Crippen molar-refractivity contribution >= 4 is 38.7 Å². The van der Waals surface area contributed by atoms with Crippen LogP contribution in [-0.2, 0) is 17.6 Å². The predicted octanol–water partition coefficient (Wildman–Crippen LogP) is 7.26. The lowest BCUT2D eigenvalue weighted by Crippen LogP contribution is -2.31. The van der Waals surface area contributed by atoms with Gasteiger partial charge in [0.15, 0.2) is 0 Å². The Morgan fingerprint density at radius 2 is 1.86 bits per heavy atom. The topological polar surface area (TPSA) is 89.6 Å². The van der Waals surface area contributed by atoms with E-state index in [9.17, 15) is 14.7 Å². The Kier molecular flexibility index (Phi) is 6.76. The molecule has 0 atom stereocenters. The molecule has 0 saturated carbocycles. The lowest BCUT2D eigenvalue weighted by atomic mass is 9.76. The second-order valence-corrected chi connectivity index (χ2v) is 14.3. The van der Waals surface area contributed by atoms with E-state index in [4.69, 9.17) is 9.84 Å². The summed E-state index contributed by atoms with van der Waals surface area (Å²) in [6.45, 7) is 17.4. The Morgan fingerprint density at radius 3 is 2.46 bits per heavy atom. The molecule has 0 fully saturated rings. The van der Waals surface area contributed by atoms with Crippen molar-refractivity contribution in [3.63, 3.8) is 0 Å². The molecule has 0 amide bonds. The van der Waals surface area contributed by atoms with E-state index < -0.39 is 17.8 Å². The van der Waals surface area contributed by atoms with Gasteiger partial charge in [-0.15, -0.1) is 11.3 Å². The number of nitrogens with zero attached hydrogens (tertiary/aromatic N) is 4. The Labute approximate surface area is 223 Å². The van der Waals surface area contributed by atoms with E-state index in [2.05, 4.69) is 39.5 Å². The van der Waals surface area contributed by atoms with E-state index in [0.717, 1.165) is 46.8 Å². The highest BCUT2D eigenvalue weighted by atomic mass is 32.1. The van der Waals surface area contributed by atoms with E-state index in [1.165, 1.54) is 9.25 Å². The summed E-state index contributed by atoms with van der Waals surface area (Å²) in [4.78, 5) is 27.8. The van der Waals surface area contributed by atoms with Crippen LogP contribution in [0.2, 0.25) is 0 Å². The number of aromatic nitrogens is 3. The maximum Gasteiger partial charge on any atom is 0.435 e. The van der Waals surface area contributed by atoms with Crippen molar-refractivity contribution in [1.82, 2.24) is 14.3 Å². The van der Waals surface area contributed by atoms with Crippen molar-refractivity contribution in [2.24, 2.45) is 10.8 Å². The molecule has 0 bridgehead atoms. The number of carbonyl (C=O) groups excluding carboxylic acids is 1. The highest BCUT2D eigenvalue weighted by Crippen LogP contribution is 2.42. The number of hydrogen-bond acceptors (Lipinski definition) is 6. The number of rotatable bonds is 4. The number of thiophene rings is 1. The normalized spacial score (nSPS) is 15.6. The van der Waals surface area contributed by atoms with Gasteiger partial charge in [-0.1, -0.05) is 34.6 Å². The van der Waals surface area contributed by atoms with Gasteiger partial charge in [0.1, 0.15) is 11.3 Å². The van der Waals surface area contributed by atoms with E-state index in [1.807, 2.05) is 40.0 Å². The summed E-state index contributed by atoms with van der Waals surface area (Å²) in [5, 5.41) is 16.0. The summed E-state index contributed by atoms with van der Waals surface area (Å²) in [6, 6.07) is 3.84. The summed E-state index contributed by atoms with van der Waals surface area (Å²) in [5.41, 5.74) is 2.98. The second kappa shape index (κ2) is 9.19. The van der Waals surface area contributed by atoms with E-state index in [0.29, 0.717) is 23.3 Å². The third-order valence-corrected chi connectivity index (χ3v) is 8.02. The summed E-state index contributed by atoms with van der Waals surface area (Å²) in [7, 11) is 2.04. The van der Waals surface area contributed by atoms with Crippen LogP contribution >= 0.6 is 11.3 Å². The molecule has 37 heavy (non-hydrogen) atoms. The van der Waals surface area contributed by atoms with E-state index in [-0.39, 0.29) is 10.8 Å². The molecule has 0 radical (unpaired) electrons. The van der Waals surface area contributed by atoms with Crippen molar-refractivity contribution < 1.29 is 19.4 Å². The SMILES string of the molecule is CN(CCC(C)(C)C)c1cc2c(cc(-c3nn(C(=O)OC(C)(C)C)c4c3CCC(C)(C)C4)n2C(=O)O)s1. The first-order chi connectivity index (χ1) is 17.0. The second-order valence-electron chi connectivity index (χ2n) is 13.2. The van der Waals surface area contributed by atoms with Gasteiger partial charge in [0.25, 0.3) is 0 Å². The van der Waals surface area contributed by atoms with Crippen LogP contribution in [0.5, 0.6) is 0 Å². The molecule has 3 aromatic heterocycles. The molecule has 1 N–H and O–H groups in total. The highest BCUT2D eigenvalue weighted by molar-refractivity contribution is 7.22. The molecule has 0 unspecified atom stereocenters. The van der Waals surface area contributed by atoms with Crippen LogP contribution in [-0.4, -0.2) is 50.8 Å². The molecule has 3 aromatic rings. The first kappa shape index (κ1) is 27.2. The lowest BCUT2D eigenvalue weighted by Gasteiger charge is -2.30. The van der Waals surface area contributed by atoms with Gasteiger partial charge in [0.05, 0.1) is 26.6 Å². The van der Waals surface area contributed by atoms with Gasteiger partial charge in [0.2, 0.25) is 0 Å². The van der Waals surface area contributed by atoms with Crippen LogP contribution in [0.3, 0.4) is 0 Å². The predicted molar refractivity (Wildman–Crippen MR) is 149 cm³/mol. The summed E-state index contributed by atoms with van der Waals surface area (Å²) < 4.78 is 9.21. The minimum Gasteiger partial charge on any atom is -0.464 e. The number of anilines is 1. The van der Waals surface area contributed by atoms with Crippen molar-refractivity contribution in [2.45, 2.75) is 86.7 Å². The van der Waals surface area contributed by atoms with Crippen LogP contribution in [0.25, 0.3) is 21.6 Å². The minimum absolute atomic E-state index is 0.00570. The van der Waals surface area contributed by atoms with Gasteiger partial charge in [0, 0.05) is 19.2 Å². The van der Waals surface area contributed by atoms with Gasteiger partial charge < -0.3 is 14.7 Å². The Morgan fingerprint density at radius 1 is 1.19 bits per heavy atom. The largest absolute Gasteiger partial charge is 0.464 e. The third kappa shape index (κ3) is 5.71. The maximum atomic E-state index is 13.1. The maximum absolute atomic E-state index is 13.1. The molecule has 202 valence electrons. The molecule has 9 heteroatoms. The fourth-order valence-corrected chi connectivity index (χ4v) is 5.83. The van der Waals surface area contributed by atoms with Gasteiger partial charge in [-0.05, 0) is 69.4 Å². The van der Waals surface area contributed by atoms with Crippen LogP contribution in [0.15, 0.2) is 12.1 Å². The quantitative estimate of drug-likeness (QED) is 0.383. The highest BCUT2D eigenvalue weighted by Gasteiger charge is 2.35. The van der Waals surface area contributed by atoms with Gasteiger partial charge in [-0.2, -0.15) is 9.78 Å². The van der Waals surface area contributed by atoms with Crippen LogP contribution in [0.1, 0.15) is 79.5 Å². The Bertz CT molecular complexity index is 1350. The fourth-order valence-electron chi connectivity index (χ4n) is 4.76. The van der Waals surface area contributed by atoms with Crippen molar-refractivity contribution in [2.75, 3.05) is 18.5 Å². The zero-order valence-electron chi connectivity index (χ0n) is 23.6. The molecular weight excluding hydrogens is 488 g/mol. The van der Waals surface area contributed by atoms with Gasteiger partial charge in [-0.3, -0.25) is 0 Å². The first-order valence-electron chi connectivity index (χ1n) is 12.9. The fraction of sp³-hybridized carbons (Fsp3) is 0.607. The average Bonchev–Trinajstić information content (AvgIpc) is 3.39. The number of fused-ring (bicyclic) bond motifs is 2. The molecular formula is C28H40N4O4S. The smallest absolute Gasteiger partial charge is 0.435 e. The monoisotopic (exact) mass is 528 g/mol. The van der Waals surface area contributed by atoms with Crippen molar-refractivity contribution in [3.05, 3.63) is 23.4 Å². The number of carboxylic acid groups (broad SMARTS) is 1. The summed E-state index contributed by atoms with van der Waals surface area (Å²) in [6.07, 6.45) is 1.74. The Balaban J connectivity index is 1.81. The van der Waals surface area contributed by atoms with Crippen molar-refractivity contribution in [1.29, 1.82) is 0 Å². The van der Waals surface area contributed by atoms with Crippen molar-refractivity contribution in [3.8, 4) is 11.4 Å². The molecule has 3 heterocycles. The molecule has 1 aliphatic rings. The molecule has 8 nitrogen and oxygen atoms in total. The third-order valence-electron chi connectivity index (χ3n) is 6.84. The zero-order valence-corrected chi connectivity index (χ0v) is 24.4. The van der Waals surface area contributed by atoms with Crippen LogP contribution in [0, 0.1) is 10.8 Å². The van der Waals surface area contributed by atoms with Crippen LogP contribution < -0.4 is 4.90 Å².